The lowest BCUT2D eigenvalue weighted by molar-refractivity contribution is -0.204. The molecule has 2 fully saturated rings. The largest absolute Gasteiger partial charge is 0.458 e. The van der Waals surface area contributed by atoms with Gasteiger partial charge in [-0.1, -0.05) is 59.6 Å². The van der Waals surface area contributed by atoms with Crippen molar-refractivity contribution in [1.82, 2.24) is 0 Å². The number of unbranched alkanes of at least 4 members (excludes halogenated alkanes) is 2. The van der Waals surface area contributed by atoms with E-state index < -0.39 is 58.7 Å². The number of hydrogen-bond donors (Lipinski definition) is 3. The quantitative estimate of drug-likeness (QED) is 0.234. The van der Waals surface area contributed by atoms with Gasteiger partial charge < -0.3 is 24.8 Å². The third-order valence-electron chi connectivity index (χ3n) is 10.0. The average Bonchev–Trinajstić information content (AvgIpc) is 3.24. The summed E-state index contributed by atoms with van der Waals surface area (Å²) < 4.78 is 12.0. The topological polar surface area (TPSA) is 130 Å². The van der Waals surface area contributed by atoms with Gasteiger partial charge in [0.1, 0.15) is 11.7 Å². The number of ether oxygens (including phenoxy) is 2. The highest BCUT2D eigenvalue weighted by Gasteiger charge is 2.83. The maximum absolute atomic E-state index is 14.6. The van der Waals surface area contributed by atoms with Gasteiger partial charge in [-0.25, -0.2) is 0 Å². The van der Waals surface area contributed by atoms with E-state index in [1.54, 1.807) is 19.1 Å². The monoisotopic (exact) mass is 532 g/mol. The third kappa shape index (κ3) is 3.77. The number of fused-ring (bicyclic) bond motifs is 3. The van der Waals surface area contributed by atoms with Crippen LogP contribution < -0.4 is 0 Å². The van der Waals surface area contributed by atoms with E-state index in [0.29, 0.717) is 24.8 Å². The van der Waals surface area contributed by atoms with E-state index in [1.807, 2.05) is 27.7 Å². The Morgan fingerprint density at radius 2 is 1.79 bits per heavy atom. The fourth-order valence-corrected chi connectivity index (χ4v) is 8.06. The summed E-state index contributed by atoms with van der Waals surface area (Å²) >= 11 is 0. The van der Waals surface area contributed by atoms with E-state index in [0.717, 1.165) is 19.3 Å². The van der Waals surface area contributed by atoms with Crippen LogP contribution in [0.1, 0.15) is 86.5 Å². The highest BCUT2D eigenvalue weighted by Crippen LogP contribution is 2.75. The molecule has 8 atom stereocenters. The van der Waals surface area contributed by atoms with Gasteiger partial charge in [-0.05, 0) is 43.3 Å². The molecule has 38 heavy (non-hydrogen) atoms. The highest BCUT2D eigenvalue weighted by atomic mass is 16.6. The lowest BCUT2D eigenvalue weighted by atomic mass is 9.59. The molecule has 4 aliphatic carbocycles. The number of aliphatic hydroxyl groups excluding tert-OH is 2. The first-order valence-electron chi connectivity index (χ1n) is 14.2. The molecule has 2 saturated carbocycles. The Morgan fingerprint density at radius 1 is 1.11 bits per heavy atom. The van der Waals surface area contributed by atoms with Crippen molar-refractivity contribution in [2.24, 2.45) is 28.6 Å². The van der Waals surface area contributed by atoms with Gasteiger partial charge in [-0.3, -0.25) is 14.4 Å². The van der Waals surface area contributed by atoms with Crippen LogP contribution in [-0.2, 0) is 23.9 Å². The van der Waals surface area contributed by atoms with E-state index in [2.05, 4.69) is 6.92 Å². The smallest absolute Gasteiger partial charge is 0.306 e. The number of carbonyl (C=O) groups is 3. The van der Waals surface area contributed by atoms with Crippen molar-refractivity contribution in [1.29, 1.82) is 0 Å². The molecule has 0 aromatic rings. The molecule has 1 spiro atoms. The van der Waals surface area contributed by atoms with Crippen molar-refractivity contribution in [2.45, 2.75) is 110 Å². The van der Waals surface area contributed by atoms with Crippen molar-refractivity contribution in [2.75, 3.05) is 6.61 Å². The second kappa shape index (κ2) is 9.86. The Hall–Kier alpha value is -2.03. The van der Waals surface area contributed by atoms with Crippen molar-refractivity contribution >= 4 is 17.7 Å². The minimum atomic E-state index is -2.21. The van der Waals surface area contributed by atoms with Crippen LogP contribution in [0.3, 0.4) is 0 Å². The second-order valence-electron chi connectivity index (χ2n) is 12.5. The molecule has 4 rings (SSSR count). The normalized spacial score (nSPS) is 40.7. The zero-order valence-electron chi connectivity index (χ0n) is 23.6. The minimum absolute atomic E-state index is 0.104. The van der Waals surface area contributed by atoms with Gasteiger partial charge in [0.15, 0.2) is 17.5 Å². The lowest BCUT2D eigenvalue weighted by Crippen LogP contribution is -2.66. The van der Waals surface area contributed by atoms with Crippen LogP contribution in [0.5, 0.6) is 0 Å². The summed E-state index contributed by atoms with van der Waals surface area (Å²) in [6.07, 6.45) is 4.25. The SMILES string of the molecule is CCCCCC(=O)O[C@@]12C[C@@H](C)[C@]34C=C(C)[C@H](OC(=O)CCC)[C@@]3(O)[C@H](O)C(CO)=C[C@H](C4=O)[C@@H]1C2(C)C. The third-order valence-corrected chi connectivity index (χ3v) is 10.0. The summed E-state index contributed by atoms with van der Waals surface area (Å²) in [6.45, 7) is 10.8. The van der Waals surface area contributed by atoms with E-state index in [4.69, 9.17) is 9.47 Å². The molecule has 0 saturated heterocycles. The fourth-order valence-electron chi connectivity index (χ4n) is 8.06. The van der Waals surface area contributed by atoms with Gasteiger partial charge in [0.2, 0.25) is 0 Å². The molecular weight excluding hydrogens is 488 g/mol. The molecule has 0 unspecified atom stereocenters. The standard InChI is InChI=1S/C30H44O8/c1-7-9-10-12-22(33)38-29-15-18(4)28-14-17(3)26(37-21(32)11-8-2)30(28,36)24(34)19(16-31)13-20(25(28)35)23(29)27(29,5)6/h13-14,18,20,23-24,26,31,34,36H,7-12,15-16H2,1-6H3/t18-,20+,23-,24-,26+,28+,29+,30+/m1/s1. The van der Waals surface area contributed by atoms with Crippen molar-refractivity contribution in [3.8, 4) is 0 Å². The summed E-state index contributed by atoms with van der Waals surface area (Å²) in [6, 6.07) is 0. The van der Waals surface area contributed by atoms with Gasteiger partial charge in [0.25, 0.3) is 0 Å². The number of esters is 2. The van der Waals surface area contributed by atoms with Gasteiger partial charge in [-0.15, -0.1) is 0 Å². The van der Waals surface area contributed by atoms with Crippen LogP contribution in [0.2, 0.25) is 0 Å². The molecule has 0 aromatic carbocycles. The van der Waals surface area contributed by atoms with Gasteiger partial charge in [0, 0.05) is 30.1 Å². The molecule has 0 amide bonds. The van der Waals surface area contributed by atoms with Crippen molar-refractivity contribution in [3.63, 3.8) is 0 Å². The van der Waals surface area contributed by atoms with Gasteiger partial charge in [0.05, 0.1) is 12.0 Å². The highest BCUT2D eigenvalue weighted by molar-refractivity contribution is 5.96. The maximum Gasteiger partial charge on any atom is 0.306 e. The number of ketones is 1. The summed E-state index contributed by atoms with van der Waals surface area (Å²) in [5.41, 5.74) is -4.69. The maximum atomic E-state index is 14.6. The van der Waals surface area contributed by atoms with Crippen molar-refractivity contribution in [3.05, 3.63) is 23.3 Å². The van der Waals surface area contributed by atoms with Crippen LogP contribution >= 0.6 is 0 Å². The van der Waals surface area contributed by atoms with Gasteiger partial charge >= 0.3 is 11.9 Å². The summed E-state index contributed by atoms with van der Waals surface area (Å²) in [4.78, 5) is 40.2. The van der Waals surface area contributed by atoms with E-state index in [9.17, 15) is 29.7 Å². The lowest BCUT2D eigenvalue weighted by Gasteiger charge is -2.49. The number of allylic oxidation sites excluding steroid dienone is 1. The predicted molar refractivity (Wildman–Crippen MR) is 140 cm³/mol. The first-order valence-corrected chi connectivity index (χ1v) is 14.2. The molecule has 8 heteroatoms. The second-order valence-corrected chi connectivity index (χ2v) is 12.5. The zero-order chi connectivity index (χ0) is 28.3. The summed E-state index contributed by atoms with van der Waals surface area (Å²) in [7, 11) is 0. The Morgan fingerprint density at radius 3 is 2.39 bits per heavy atom. The molecule has 8 nitrogen and oxygen atoms in total. The zero-order valence-corrected chi connectivity index (χ0v) is 23.6. The van der Waals surface area contributed by atoms with Crippen molar-refractivity contribution < 1.29 is 39.2 Å². The van der Waals surface area contributed by atoms with Crippen LogP contribution in [0.25, 0.3) is 0 Å². The molecule has 0 radical (unpaired) electrons. The van der Waals surface area contributed by atoms with E-state index in [-0.39, 0.29) is 29.7 Å². The Kier molecular flexibility index (Phi) is 7.52. The average molecular weight is 533 g/mol. The number of aliphatic hydroxyl groups is 3. The molecule has 0 aromatic heterocycles. The number of hydrogen-bond acceptors (Lipinski definition) is 8. The van der Waals surface area contributed by atoms with E-state index >= 15 is 0 Å². The fraction of sp³-hybridized carbons (Fsp3) is 0.767. The molecule has 0 heterocycles. The molecule has 2 bridgehead atoms. The van der Waals surface area contributed by atoms with Crippen LogP contribution in [-0.4, -0.2) is 63.1 Å². The Bertz CT molecular complexity index is 1060. The molecule has 4 aliphatic rings. The summed E-state index contributed by atoms with van der Waals surface area (Å²) in [5, 5.41) is 34.3. The molecule has 3 N–H and O–H groups in total. The number of rotatable bonds is 9. The first-order chi connectivity index (χ1) is 17.8. The molecule has 0 aliphatic heterocycles. The van der Waals surface area contributed by atoms with Crippen LogP contribution in [0.15, 0.2) is 23.3 Å². The molecular formula is C30H44O8. The van der Waals surface area contributed by atoms with Crippen LogP contribution in [0.4, 0.5) is 0 Å². The summed E-state index contributed by atoms with van der Waals surface area (Å²) in [5.74, 6) is -2.89. The number of carbonyl (C=O) groups excluding carboxylic acids is 3. The van der Waals surface area contributed by atoms with E-state index in [1.165, 1.54) is 0 Å². The van der Waals surface area contributed by atoms with Crippen LogP contribution in [0, 0.1) is 28.6 Å². The number of Topliss-reactive ketones (excluding diaryl/α,β-unsaturated/α-hetero) is 1. The predicted octanol–water partition coefficient (Wildman–Crippen LogP) is 3.41. The first kappa shape index (κ1) is 29.0. The Balaban J connectivity index is 1.84. The Labute approximate surface area is 225 Å². The molecule has 212 valence electrons. The van der Waals surface area contributed by atoms with Gasteiger partial charge in [-0.2, -0.15) is 0 Å². The minimum Gasteiger partial charge on any atom is -0.458 e.